The molecule has 1 aromatic carbocycles. The van der Waals surface area contributed by atoms with E-state index in [2.05, 4.69) is 27.0 Å². The Bertz CT molecular complexity index is 655. The summed E-state index contributed by atoms with van der Waals surface area (Å²) in [7, 11) is 0. The highest BCUT2D eigenvalue weighted by Crippen LogP contribution is 2.30. The van der Waals surface area contributed by atoms with Crippen molar-refractivity contribution in [1.82, 2.24) is 4.98 Å². The molecule has 0 radical (unpaired) electrons. The summed E-state index contributed by atoms with van der Waals surface area (Å²) in [4.78, 5) is 4.60. The quantitative estimate of drug-likeness (QED) is 0.905. The highest BCUT2D eigenvalue weighted by molar-refractivity contribution is 9.10. The van der Waals surface area contributed by atoms with Crippen LogP contribution in [-0.2, 0) is 19.4 Å². The maximum absolute atomic E-state index is 13.4. The Kier molecular flexibility index (Phi) is 4.22. The van der Waals surface area contributed by atoms with Crippen molar-refractivity contribution in [2.24, 2.45) is 5.73 Å². The van der Waals surface area contributed by atoms with Gasteiger partial charge in [-0.2, -0.15) is 0 Å². The van der Waals surface area contributed by atoms with Gasteiger partial charge in [-0.25, -0.2) is 9.37 Å². The average molecular weight is 351 g/mol. The second-order valence-electron chi connectivity index (χ2n) is 5.18. The molecule has 0 amide bonds. The fourth-order valence-electron chi connectivity index (χ4n) is 2.60. The van der Waals surface area contributed by atoms with Gasteiger partial charge in [0.15, 0.2) is 0 Å². The molecule has 5 heteroatoms. The summed E-state index contributed by atoms with van der Waals surface area (Å²) in [5.74, 6) is 0.544. The van der Waals surface area contributed by atoms with Crippen molar-refractivity contribution in [3.8, 4) is 11.6 Å². The molecule has 1 heterocycles. The zero-order valence-corrected chi connectivity index (χ0v) is 13.1. The molecule has 21 heavy (non-hydrogen) atoms. The van der Waals surface area contributed by atoms with Crippen LogP contribution in [0.3, 0.4) is 0 Å². The Balaban J connectivity index is 1.97. The highest BCUT2D eigenvalue weighted by atomic mass is 79.9. The van der Waals surface area contributed by atoms with E-state index in [1.54, 1.807) is 6.07 Å². The van der Waals surface area contributed by atoms with Gasteiger partial charge in [-0.1, -0.05) is 15.9 Å². The minimum absolute atomic E-state index is 0.353. The van der Waals surface area contributed by atoms with Crippen LogP contribution in [0.4, 0.5) is 4.39 Å². The number of benzene rings is 1. The number of hydrogen-bond donors (Lipinski definition) is 1. The molecule has 0 bridgehead atoms. The van der Waals surface area contributed by atoms with Gasteiger partial charge in [-0.3, -0.25) is 0 Å². The van der Waals surface area contributed by atoms with Gasteiger partial charge in [0.25, 0.3) is 0 Å². The van der Waals surface area contributed by atoms with Gasteiger partial charge >= 0.3 is 0 Å². The molecule has 2 aromatic rings. The first-order chi connectivity index (χ1) is 10.2. The summed E-state index contributed by atoms with van der Waals surface area (Å²) in [5.41, 5.74) is 8.98. The number of aromatic nitrogens is 1. The van der Waals surface area contributed by atoms with Crippen LogP contribution in [0.2, 0.25) is 0 Å². The number of nitrogens with two attached hydrogens (primary N) is 1. The zero-order valence-electron chi connectivity index (χ0n) is 11.5. The lowest BCUT2D eigenvalue weighted by atomic mass is 9.95. The number of nitrogens with zero attached hydrogens (tertiary/aromatic N) is 1. The lowest BCUT2D eigenvalue weighted by molar-refractivity contribution is 0.446. The number of aryl methyl sites for hydroxylation is 2. The van der Waals surface area contributed by atoms with Gasteiger partial charge < -0.3 is 10.5 Å². The summed E-state index contributed by atoms with van der Waals surface area (Å²) in [5, 5.41) is 0. The molecule has 0 saturated heterocycles. The first-order valence-electron chi connectivity index (χ1n) is 7.01. The van der Waals surface area contributed by atoms with Crippen molar-refractivity contribution in [3.05, 3.63) is 51.4 Å². The molecule has 3 nitrogen and oxygen atoms in total. The van der Waals surface area contributed by atoms with Crippen LogP contribution in [0.15, 0.2) is 28.7 Å². The molecule has 2 N–H and O–H groups in total. The van der Waals surface area contributed by atoms with E-state index in [0.717, 1.165) is 30.5 Å². The van der Waals surface area contributed by atoms with Crippen LogP contribution in [0, 0.1) is 5.82 Å². The fraction of sp³-hybridized carbons (Fsp3) is 0.312. The third-order valence-corrected chi connectivity index (χ3v) is 4.07. The smallest absolute Gasteiger partial charge is 0.223 e. The minimum atomic E-state index is -0.355. The molecule has 3 rings (SSSR count). The Morgan fingerprint density at radius 2 is 2.00 bits per heavy atom. The molecule has 0 aliphatic heterocycles. The maximum Gasteiger partial charge on any atom is 0.223 e. The number of fused-ring (bicyclic) bond motifs is 1. The fourth-order valence-corrected chi connectivity index (χ4v) is 3.04. The summed E-state index contributed by atoms with van der Waals surface area (Å²) < 4.78 is 19.8. The predicted molar refractivity (Wildman–Crippen MR) is 82.9 cm³/mol. The van der Waals surface area contributed by atoms with Crippen molar-refractivity contribution < 1.29 is 9.13 Å². The van der Waals surface area contributed by atoms with Gasteiger partial charge in [0, 0.05) is 28.3 Å². The van der Waals surface area contributed by atoms with Gasteiger partial charge in [-0.15, -0.1) is 0 Å². The number of halogens is 2. The second kappa shape index (κ2) is 6.12. The Hall–Kier alpha value is -1.46. The lowest BCUT2D eigenvalue weighted by Crippen LogP contribution is -2.10. The lowest BCUT2D eigenvalue weighted by Gasteiger charge is -2.18. The molecule has 1 aliphatic carbocycles. The van der Waals surface area contributed by atoms with E-state index in [4.69, 9.17) is 10.5 Å². The first kappa shape index (κ1) is 14.5. The van der Waals surface area contributed by atoms with E-state index < -0.39 is 0 Å². The van der Waals surface area contributed by atoms with Gasteiger partial charge in [0.2, 0.25) is 5.88 Å². The standard InChI is InChI=1S/C16H16BrFN2O/c17-12-6-13(18)8-14(7-12)21-16-11(9-19)5-10-3-1-2-4-15(10)20-16/h5-8H,1-4,9,19H2. The van der Waals surface area contributed by atoms with E-state index in [1.807, 2.05) is 0 Å². The van der Waals surface area contributed by atoms with E-state index in [1.165, 1.54) is 24.1 Å². The first-order valence-corrected chi connectivity index (χ1v) is 7.80. The van der Waals surface area contributed by atoms with E-state index in [9.17, 15) is 4.39 Å². The summed E-state index contributed by atoms with van der Waals surface area (Å²) in [6, 6.07) is 6.51. The van der Waals surface area contributed by atoms with Crippen molar-refractivity contribution in [1.29, 1.82) is 0 Å². The van der Waals surface area contributed by atoms with Gasteiger partial charge in [-0.05, 0) is 49.4 Å². The Morgan fingerprint density at radius 1 is 1.19 bits per heavy atom. The normalized spacial score (nSPS) is 13.9. The van der Waals surface area contributed by atoms with Crippen LogP contribution >= 0.6 is 15.9 Å². The van der Waals surface area contributed by atoms with Crippen molar-refractivity contribution in [2.45, 2.75) is 32.2 Å². The predicted octanol–water partition coefficient (Wildman–Crippen LogP) is 4.11. The third-order valence-electron chi connectivity index (χ3n) is 3.61. The SMILES string of the molecule is NCc1cc2c(nc1Oc1cc(F)cc(Br)c1)CCCC2. The number of hydrogen-bond acceptors (Lipinski definition) is 3. The van der Waals surface area contributed by atoms with Crippen LogP contribution < -0.4 is 10.5 Å². The van der Waals surface area contributed by atoms with E-state index in [-0.39, 0.29) is 5.82 Å². The highest BCUT2D eigenvalue weighted by Gasteiger charge is 2.16. The minimum Gasteiger partial charge on any atom is -0.439 e. The number of rotatable bonds is 3. The zero-order chi connectivity index (χ0) is 14.8. The third kappa shape index (κ3) is 3.24. The molecule has 0 spiro atoms. The molecule has 0 unspecified atom stereocenters. The van der Waals surface area contributed by atoms with Crippen LogP contribution in [0.1, 0.15) is 29.7 Å². The molecule has 1 aromatic heterocycles. The number of pyridine rings is 1. The molecule has 1 aliphatic rings. The van der Waals surface area contributed by atoms with Crippen LogP contribution in [-0.4, -0.2) is 4.98 Å². The van der Waals surface area contributed by atoms with Gasteiger partial charge in [0.1, 0.15) is 11.6 Å². The molecule has 110 valence electrons. The van der Waals surface area contributed by atoms with Crippen molar-refractivity contribution in [2.75, 3.05) is 0 Å². The maximum atomic E-state index is 13.4. The largest absolute Gasteiger partial charge is 0.439 e. The summed E-state index contributed by atoms with van der Waals surface area (Å²) >= 11 is 3.26. The van der Waals surface area contributed by atoms with E-state index >= 15 is 0 Å². The molecular formula is C16H16BrFN2O. The van der Waals surface area contributed by atoms with E-state index in [0.29, 0.717) is 22.6 Å². The van der Waals surface area contributed by atoms with Crippen LogP contribution in [0.25, 0.3) is 0 Å². The van der Waals surface area contributed by atoms with Gasteiger partial charge in [0.05, 0.1) is 0 Å². The Labute approximate surface area is 131 Å². The second-order valence-corrected chi connectivity index (χ2v) is 6.09. The van der Waals surface area contributed by atoms with Crippen LogP contribution in [0.5, 0.6) is 11.6 Å². The summed E-state index contributed by atoms with van der Waals surface area (Å²) in [6.07, 6.45) is 4.34. The van der Waals surface area contributed by atoms with Crippen molar-refractivity contribution >= 4 is 15.9 Å². The molecular weight excluding hydrogens is 335 g/mol. The Morgan fingerprint density at radius 3 is 2.76 bits per heavy atom. The van der Waals surface area contributed by atoms with Crippen molar-refractivity contribution in [3.63, 3.8) is 0 Å². The topological polar surface area (TPSA) is 48.1 Å². The average Bonchev–Trinajstić information content (AvgIpc) is 2.45. The summed E-state index contributed by atoms with van der Waals surface area (Å²) in [6.45, 7) is 0.353. The molecule has 0 saturated carbocycles. The monoisotopic (exact) mass is 350 g/mol. The number of ether oxygens (including phenoxy) is 1. The molecule has 0 atom stereocenters. The molecule has 0 fully saturated rings.